The minimum absolute atomic E-state index is 0.0607. The molecule has 0 spiro atoms. The van der Waals surface area contributed by atoms with Crippen LogP contribution < -0.4 is 15.4 Å². The van der Waals surface area contributed by atoms with Gasteiger partial charge < -0.3 is 20.3 Å². The van der Waals surface area contributed by atoms with Crippen molar-refractivity contribution in [1.82, 2.24) is 15.5 Å². The monoisotopic (exact) mass is 347 g/mol. The van der Waals surface area contributed by atoms with E-state index in [0.29, 0.717) is 25.9 Å². The van der Waals surface area contributed by atoms with Crippen LogP contribution in [0.1, 0.15) is 37.8 Å². The Balaban J connectivity index is 1.89. The predicted octanol–water partition coefficient (Wildman–Crippen LogP) is 2.24. The number of rotatable bonds is 6. The smallest absolute Gasteiger partial charge is 0.318 e. The second kappa shape index (κ2) is 8.74. The van der Waals surface area contributed by atoms with Gasteiger partial charge in [0.1, 0.15) is 11.8 Å². The van der Waals surface area contributed by atoms with Crippen molar-refractivity contribution < 1.29 is 14.3 Å². The third-order valence-corrected chi connectivity index (χ3v) is 4.36. The summed E-state index contributed by atoms with van der Waals surface area (Å²) in [6.07, 6.45) is 2.27. The van der Waals surface area contributed by atoms with Crippen molar-refractivity contribution in [2.45, 2.75) is 52.1 Å². The quantitative estimate of drug-likeness (QED) is 0.829. The summed E-state index contributed by atoms with van der Waals surface area (Å²) >= 11 is 0. The maximum Gasteiger partial charge on any atom is 0.318 e. The molecule has 0 unspecified atom stereocenters. The first-order chi connectivity index (χ1) is 11.9. The van der Waals surface area contributed by atoms with Crippen molar-refractivity contribution in [3.8, 4) is 5.75 Å². The second-order valence-electron chi connectivity index (χ2n) is 6.81. The van der Waals surface area contributed by atoms with E-state index >= 15 is 0 Å². The lowest BCUT2D eigenvalue weighted by Crippen LogP contribution is -2.51. The highest BCUT2D eigenvalue weighted by atomic mass is 16.5. The Morgan fingerprint density at radius 2 is 2.12 bits per heavy atom. The molecule has 1 aromatic carbocycles. The highest BCUT2D eigenvalue weighted by Crippen LogP contribution is 2.20. The maximum atomic E-state index is 12.5. The molecule has 0 saturated carbocycles. The van der Waals surface area contributed by atoms with E-state index in [-0.39, 0.29) is 24.0 Å². The number of carbonyl (C=O) groups excluding carboxylic acids is 2. The molecule has 2 rings (SSSR count). The van der Waals surface area contributed by atoms with Crippen LogP contribution in [-0.4, -0.2) is 49.1 Å². The topological polar surface area (TPSA) is 70.7 Å². The van der Waals surface area contributed by atoms with Gasteiger partial charge in [-0.25, -0.2) is 4.79 Å². The molecule has 25 heavy (non-hydrogen) atoms. The number of nitrogens with one attached hydrogen (secondary N) is 2. The van der Waals surface area contributed by atoms with Crippen LogP contribution in [-0.2, 0) is 11.2 Å². The summed E-state index contributed by atoms with van der Waals surface area (Å²) < 4.78 is 5.37. The Labute approximate surface area is 149 Å². The first kappa shape index (κ1) is 19.1. The molecule has 1 heterocycles. The van der Waals surface area contributed by atoms with Crippen LogP contribution >= 0.6 is 0 Å². The summed E-state index contributed by atoms with van der Waals surface area (Å²) in [5.74, 6) is 0.752. The van der Waals surface area contributed by atoms with E-state index in [0.717, 1.165) is 23.3 Å². The van der Waals surface area contributed by atoms with Gasteiger partial charge in [0.2, 0.25) is 5.91 Å². The number of ether oxygens (including phenoxy) is 1. The van der Waals surface area contributed by atoms with Crippen molar-refractivity contribution in [3.05, 3.63) is 29.3 Å². The highest BCUT2D eigenvalue weighted by molar-refractivity contribution is 5.87. The zero-order valence-corrected chi connectivity index (χ0v) is 15.6. The molecule has 1 aliphatic rings. The largest absolute Gasteiger partial charge is 0.496 e. The molecule has 138 valence electrons. The average Bonchev–Trinajstić information content (AvgIpc) is 3.04. The molecule has 1 aromatic rings. The molecule has 6 nitrogen and oxygen atoms in total. The summed E-state index contributed by atoms with van der Waals surface area (Å²) in [7, 11) is 1.65. The molecule has 1 fully saturated rings. The van der Waals surface area contributed by atoms with Crippen molar-refractivity contribution in [2.24, 2.45) is 0 Å². The van der Waals surface area contributed by atoms with Gasteiger partial charge in [-0.15, -0.1) is 0 Å². The zero-order valence-electron chi connectivity index (χ0n) is 15.6. The number of aryl methyl sites for hydroxylation is 1. The molecule has 0 radical (unpaired) electrons. The minimum Gasteiger partial charge on any atom is -0.496 e. The summed E-state index contributed by atoms with van der Waals surface area (Å²) in [5.41, 5.74) is 2.23. The Morgan fingerprint density at radius 1 is 1.36 bits per heavy atom. The van der Waals surface area contributed by atoms with Gasteiger partial charge in [-0.2, -0.15) is 0 Å². The molecule has 6 heteroatoms. The third kappa shape index (κ3) is 5.11. The van der Waals surface area contributed by atoms with Crippen LogP contribution in [0.15, 0.2) is 18.2 Å². The Morgan fingerprint density at radius 3 is 2.80 bits per heavy atom. The van der Waals surface area contributed by atoms with Gasteiger partial charge in [0.05, 0.1) is 7.11 Å². The maximum absolute atomic E-state index is 12.5. The lowest BCUT2D eigenvalue weighted by molar-refractivity contribution is -0.124. The molecule has 2 N–H and O–H groups in total. The molecule has 0 aromatic heterocycles. The average molecular weight is 347 g/mol. The molecule has 1 aliphatic heterocycles. The number of carbonyl (C=O) groups is 2. The summed E-state index contributed by atoms with van der Waals surface area (Å²) in [4.78, 5) is 26.3. The van der Waals surface area contributed by atoms with Crippen molar-refractivity contribution in [3.63, 3.8) is 0 Å². The zero-order chi connectivity index (χ0) is 18.4. The lowest BCUT2D eigenvalue weighted by atomic mass is 10.1. The fourth-order valence-electron chi connectivity index (χ4n) is 3.15. The van der Waals surface area contributed by atoms with Crippen LogP contribution in [0.4, 0.5) is 4.79 Å². The summed E-state index contributed by atoms with van der Waals surface area (Å²) in [6.45, 7) is 7.01. The highest BCUT2D eigenvalue weighted by Gasteiger charge is 2.34. The molecular weight excluding hydrogens is 318 g/mol. The number of urea groups is 1. The number of methoxy groups -OCH3 is 1. The molecule has 0 aliphatic carbocycles. The van der Waals surface area contributed by atoms with Crippen LogP contribution in [0.5, 0.6) is 5.75 Å². The van der Waals surface area contributed by atoms with Crippen LogP contribution in [0, 0.1) is 6.92 Å². The first-order valence-electron chi connectivity index (χ1n) is 8.90. The lowest BCUT2D eigenvalue weighted by Gasteiger charge is -2.25. The van der Waals surface area contributed by atoms with E-state index in [4.69, 9.17) is 4.74 Å². The number of nitrogens with zero attached hydrogens (tertiary/aromatic N) is 1. The standard InChI is InChI=1S/C19H29N3O3/c1-13(2)21-19(24)22-11-5-6-16(22)18(23)20-10-9-15-12-14(3)7-8-17(15)25-4/h7-8,12-13,16H,5-6,9-11H2,1-4H3,(H,20,23)(H,21,24)/t16-/m0/s1. The van der Waals surface area contributed by atoms with Crippen LogP contribution in [0.25, 0.3) is 0 Å². The molecule has 1 saturated heterocycles. The van der Waals surface area contributed by atoms with Gasteiger partial charge in [0.25, 0.3) is 0 Å². The molecule has 0 bridgehead atoms. The number of hydrogen-bond acceptors (Lipinski definition) is 3. The SMILES string of the molecule is COc1ccc(C)cc1CCNC(=O)[C@@H]1CCCN1C(=O)NC(C)C. The molecular formula is C19H29N3O3. The van der Waals surface area contributed by atoms with Gasteiger partial charge >= 0.3 is 6.03 Å². The third-order valence-electron chi connectivity index (χ3n) is 4.36. The fourth-order valence-corrected chi connectivity index (χ4v) is 3.15. The van der Waals surface area contributed by atoms with Gasteiger partial charge in [-0.3, -0.25) is 4.79 Å². The van der Waals surface area contributed by atoms with Crippen molar-refractivity contribution in [2.75, 3.05) is 20.2 Å². The van der Waals surface area contributed by atoms with E-state index in [9.17, 15) is 9.59 Å². The van der Waals surface area contributed by atoms with E-state index in [1.165, 1.54) is 0 Å². The van der Waals surface area contributed by atoms with Crippen LogP contribution in [0.3, 0.4) is 0 Å². The van der Waals surface area contributed by atoms with E-state index in [2.05, 4.69) is 16.7 Å². The predicted molar refractivity (Wildman–Crippen MR) is 97.8 cm³/mol. The van der Waals surface area contributed by atoms with Gasteiger partial charge in [-0.1, -0.05) is 17.7 Å². The first-order valence-corrected chi connectivity index (χ1v) is 8.90. The Hall–Kier alpha value is -2.24. The van der Waals surface area contributed by atoms with E-state index in [1.54, 1.807) is 12.0 Å². The van der Waals surface area contributed by atoms with E-state index in [1.807, 2.05) is 32.9 Å². The minimum atomic E-state index is -0.377. The van der Waals surface area contributed by atoms with Crippen LogP contribution in [0.2, 0.25) is 0 Å². The van der Waals surface area contributed by atoms with Gasteiger partial charge in [0.15, 0.2) is 0 Å². The number of likely N-dealkylation sites (tertiary alicyclic amines) is 1. The molecule has 1 atom stereocenters. The summed E-state index contributed by atoms with van der Waals surface area (Å²) in [5, 5.41) is 5.83. The van der Waals surface area contributed by atoms with E-state index < -0.39 is 0 Å². The van der Waals surface area contributed by atoms with Gasteiger partial charge in [0, 0.05) is 19.1 Å². The van der Waals surface area contributed by atoms with Gasteiger partial charge in [-0.05, 0) is 51.7 Å². The van der Waals surface area contributed by atoms with Crippen molar-refractivity contribution in [1.29, 1.82) is 0 Å². The van der Waals surface area contributed by atoms with Crippen molar-refractivity contribution >= 4 is 11.9 Å². The normalized spacial score (nSPS) is 16.8. The number of hydrogen-bond donors (Lipinski definition) is 2. The Bertz CT molecular complexity index is 616. The summed E-state index contributed by atoms with van der Waals surface area (Å²) in [6, 6.07) is 5.55. The number of amides is 3. The number of benzene rings is 1. The Kier molecular flexibility index (Phi) is 6.67. The molecule has 3 amide bonds. The fraction of sp³-hybridized carbons (Fsp3) is 0.579. The second-order valence-corrected chi connectivity index (χ2v) is 6.81.